The van der Waals surface area contributed by atoms with Gasteiger partial charge >= 0.3 is 0 Å². The minimum atomic E-state index is 0.671. The average molecular weight is 329 g/mol. The molecular formula is C17H17ClN4O. The third-order valence-electron chi connectivity index (χ3n) is 3.54. The van der Waals surface area contributed by atoms with Gasteiger partial charge in [-0.3, -0.25) is 9.99 Å². The Hall–Kier alpha value is -2.53. The Balaban J connectivity index is 1.82. The van der Waals surface area contributed by atoms with E-state index < -0.39 is 0 Å². The van der Waals surface area contributed by atoms with Gasteiger partial charge < -0.3 is 4.52 Å². The molecule has 0 fully saturated rings. The molecule has 23 heavy (non-hydrogen) atoms. The predicted molar refractivity (Wildman–Crippen MR) is 92.7 cm³/mol. The van der Waals surface area contributed by atoms with E-state index in [0.29, 0.717) is 5.02 Å². The van der Waals surface area contributed by atoms with E-state index in [1.54, 1.807) is 6.21 Å². The number of aryl methyl sites for hydroxylation is 2. The molecule has 2 aromatic heterocycles. The first-order valence-corrected chi connectivity index (χ1v) is 7.59. The summed E-state index contributed by atoms with van der Waals surface area (Å²) in [4.78, 5) is 0. The number of hydrazone groups is 1. The van der Waals surface area contributed by atoms with Gasteiger partial charge in [0.15, 0.2) is 5.82 Å². The van der Waals surface area contributed by atoms with Crippen molar-refractivity contribution in [2.75, 3.05) is 5.43 Å². The maximum absolute atomic E-state index is 5.95. The van der Waals surface area contributed by atoms with Crippen LogP contribution in [0.15, 0.2) is 46.0 Å². The summed E-state index contributed by atoms with van der Waals surface area (Å²) in [5.74, 6) is 1.56. The number of nitrogens with zero attached hydrogens (tertiary/aromatic N) is 3. The Kier molecular flexibility index (Phi) is 4.21. The highest BCUT2D eigenvalue weighted by Gasteiger charge is 2.12. The van der Waals surface area contributed by atoms with Gasteiger partial charge in [-0.25, -0.2) is 0 Å². The number of rotatable bonds is 4. The van der Waals surface area contributed by atoms with Crippen molar-refractivity contribution in [2.24, 2.45) is 5.10 Å². The van der Waals surface area contributed by atoms with Crippen LogP contribution >= 0.6 is 11.6 Å². The van der Waals surface area contributed by atoms with Crippen molar-refractivity contribution in [1.29, 1.82) is 0 Å². The highest BCUT2D eigenvalue weighted by Crippen LogP contribution is 2.20. The zero-order valence-corrected chi connectivity index (χ0v) is 13.9. The fourth-order valence-electron chi connectivity index (χ4n) is 2.46. The van der Waals surface area contributed by atoms with Crippen LogP contribution in [0, 0.1) is 20.8 Å². The highest BCUT2D eigenvalue weighted by atomic mass is 35.5. The summed E-state index contributed by atoms with van der Waals surface area (Å²) in [5.41, 5.74) is 6.95. The van der Waals surface area contributed by atoms with E-state index in [-0.39, 0.29) is 0 Å². The van der Waals surface area contributed by atoms with Crippen LogP contribution in [-0.2, 0) is 0 Å². The molecule has 2 heterocycles. The Morgan fingerprint density at radius 1 is 1.22 bits per heavy atom. The van der Waals surface area contributed by atoms with Crippen molar-refractivity contribution in [1.82, 2.24) is 9.72 Å². The van der Waals surface area contributed by atoms with Crippen LogP contribution in [0.25, 0.3) is 5.82 Å². The Morgan fingerprint density at radius 2 is 2.04 bits per heavy atom. The molecule has 0 aliphatic carbocycles. The summed E-state index contributed by atoms with van der Waals surface area (Å²) < 4.78 is 7.20. The van der Waals surface area contributed by atoms with Crippen LogP contribution in [0.2, 0.25) is 5.02 Å². The van der Waals surface area contributed by atoms with E-state index >= 15 is 0 Å². The third kappa shape index (κ3) is 3.29. The predicted octanol–water partition coefficient (Wildman–Crippen LogP) is 4.49. The maximum Gasteiger partial charge on any atom is 0.180 e. The van der Waals surface area contributed by atoms with Crippen molar-refractivity contribution in [2.45, 2.75) is 20.8 Å². The molecule has 0 saturated heterocycles. The molecule has 0 radical (unpaired) electrons. The summed E-state index contributed by atoms with van der Waals surface area (Å²) in [6.45, 7) is 5.93. The number of hydrogen-bond acceptors (Lipinski definition) is 4. The third-order valence-corrected chi connectivity index (χ3v) is 3.77. The van der Waals surface area contributed by atoms with Crippen molar-refractivity contribution >= 4 is 23.5 Å². The molecular weight excluding hydrogens is 312 g/mol. The summed E-state index contributed by atoms with van der Waals surface area (Å²) in [5, 5.41) is 9.02. The zero-order valence-electron chi connectivity index (χ0n) is 13.2. The summed E-state index contributed by atoms with van der Waals surface area (Å²) in [6.07, 6.45) is 1.78. The van der Waals surface area contributed by atoms with Crippen LogP contribution in [0.4, 0.5) is 5.69 Å². The van der Waals surface area contributed by atoms with Gasteiger partial charge in [-0.15, -0.1) is 0 Å². The van der Waals surface area contributed by atoms with Gasteiger partial charge in [0, 0.05) is 28.0 Å². The molecule has 0 bridgehead atoms. The van der Waals surface area contributed by atoms with Gasteiger partial charge in [0.1, 0.15) is 5.76 Å². The molecule has 6 heteroatoms. The maximum atomic E-state index is 5.95. The standard InChI is InChI=1S/C17H17ClN4O/c1-11-7-14(10-19-20-16-6-4-5-15(18)9-16)13(3)22(11)17-8-12(2)23-21-17/h4-10,20H,1-3H3/b19-10-. The Bertz CT molecular complexity index is 863. The van der Waals surface area contributed by atoms with Gasteiger partial charge in [0.25, 0.3) is 0 Å². The van der Waals surface area contributed by atoms with Crippen molar-refractivity contribution in [3.63, 3.8) is 0 Å². The first kappa shape index (κ1) is 15.4. The Labute approximate surface area is 139 Å². The molecule has 3 aromatic rings. The quantitative estimate of drug-likeness (QED) is 0.567. The van der Waals surface area contributed by atoms with Gasteiger partial charge in [-0.2, -0.15) is 5.10 Å². The number of halogens is 1. The minimum Gasteiger partial charge on any atom is -0.360 e. The van der Waals surface area contributed by atoms with E-state index in [0.717, 1.165) is 34.2 Å². The van der Waals surface area contributed by atoms with E-state index in [2.05, 4.69) is 21.8 Å². The molecule has 5 nitrogen and oxygen atoms in total. The summed E-state index contributed by atoms with van der Waals surface area (Å²) in [7, 11) is 0. The summed E-state index contributed by atoms with van der Waals surface area (Å²) in [6, 6.07) is 11.4. The lowest BCUT2D eigenvalue weighted by Crippen LogP contribution is -2.00. The second-order valence-corrected chi connectivity index (χ2v) is 5.77. The van der Waals surface area contributed by atoms with E-state index in [4.69, 9.17) is 16.1 Å². The van der Waals surface area contributed by atoms with Gasteiger partial charge in [0.2, 0.25) is 0 Å². The van der Waals surface area contributed by atoms with Crippen LogP contribution in [0.3, 0.4) is 0 Å². The minimum absolute atomic E-state index is 0.671. The van der Waals surface area contributed by atoms with Crippen molar-refractivity contribution in [3.05, 3.63) is 64.1 Å². The summed E-state index contributed by atoms with van der Waals surface area (Å²) >= 11 is 5.95. The van der Waals surface area contributed by atoms with Gasteiger partial charge in [-0.1, -0.05) is 22.8 Å². The number of nitrogens with one attached hydrogen (secondary N) is 1. The number of hydrogen-bond donors (Lipinski definition) is 1. The van der Waals surface area contributed by atoms with E-state index in [9.17, 15) is 0 Å². The largest absolute Gasteiger partial charge is 0.360 e. The first-order chi connectivity index (χ1) is 11.0. The highest BCUT2D eigenvalue weighted by molar-refractivity contribution is 6.30. The number of anilines is 1. The lowest BCUT2D eigenvalue weighted by atomic mass is 10.3. The molecule has 0 aliphatic rings. The smallest absolute Gasteiger partial charge is 0.180 e. The van der Waals surface area contributed by atoms with Crippen LogP contribution in [-0.4, -0.2) is 15.9 Å². The first-order valence-electron chi connectivity index (χ1n) is 7.22. The molecule has 1 N–H and O–H groups in total. The zero-order chi connectivity index (χ0) is 16.4. The molecule has 0 unspecified atom stereocenters. The van der Waals surface area contributed by atoms with E-state index in [1.165, 1.54) is 0 Å². The van der Waals surface area contributed by atoms with Crippen molar-refractivity contribution in [3.8, 4) is 5.82 Å². The SMILES string of the molecule is Cc1cc(-n2c(C)cc(/C=N\Nc3cccc(Cl)c3)c2C)no1. The van der Waals surface area contributed by atoms with Crippen molar-refractivity contribution < 1.29 is 4.52 Å². The Morgan fingerprint density at radius 3 is 2.74 bits per heavy atom. The van der Waals surface area contributed by atoms with Crippen LogP contribution < -0.4 is 5.43 Å². The van der Waals surface area contributed by atoms with Crippen LogP contribution in [0.1, 0.15) is 22.7 Å². The second-order valence-electron chi connectivity index (χ2n) is 5.34. The molecule has 0 saturated carbocycles. The van der Waals surface area contributed by atoms with E-state index in [1.807, 2.05) is 55.7 Å². The van der Waals surface area contributed by atoms with Crippen LogP contribution in [0.5, 0.6) is 0 Å². The molecule has 1 aromatic carbocycles. The lowest BCUT2D eigenvalue weighted by molar-refractivity contribution is 0.394. The number of aromatic nitrogens is 2. The normalized spacial score (nSPS) is 11.3. The number of benzene rings is 1. The lowest BCUT2D eigenvalue weighted by Gasteiger charge is -2.04. The molecule has 3 rings (SSSR count). The molecule has 0 atom stereocenters. The fourth-order valence-corrected chi connectivity index (χ4v) is 2.65. The topological polar surface area (TPSA) is 55.4 Å². The average Bonchev–Trinajstić information content (AvgIpc) is 3.03. The van der Waals surface area contributed by atoms with Gasteiger partial charge in [0.05, 0.1) is 11.9 Å². The molecule has 0 spiro atoms. The molecule has 0 amide bonds. The second kappa shape index (κ2) is 6.30. The van der Waals surface area contributed by atoms with Gasteiger partial charge in [-0.05, 0) is 45.0 Å². The molecule has 118 valence electrons. The fraction of sp³-hybridized carbons (Fsp3) is 0.176. The molecule has 0 aliphatic heterocycles. The monoisotopic (exact) mass is 328 g/mol.